The lowest BCUT2D eigenvalue weighted by molar-refractivity contribution is -0.118. The fourth-order valence-electron chi connectivity index (χ4n) is 2.99. The number of aliphatic hydroxyl groups excluding tert-OH is 1. The van der Waals surface area contributed by atoms with Crippen LogP contribution in [0.1, 0.15) is 0 Å². The lowest BCUT2D eigenvalue weighted by Crippen LogP contribution is -2.46. The Bertz CT molecular complexity index is 942. The van der Waals surface area contributed by atoms with Crippen molar-refractivity contribution >= 4 is 27.3 Å². The van der Waals surface area contributed by atoms with Crippen molar-refractivity contribution in [3.63, 3.8) is 0 Å². The van der Waals surface area contributed by atoms with Gasteiger partial charge in [-0.1, -0.05) is 0 Å². The highest BCUT2D eigenvalue weighted by Gasteiger charge is 2.25. The second kappa shape index (κ2) is 9.90. The third kappa shape index (κ3) is 5.48. The van der Waals surface area contributed by atoms with Crippen LogP contribution in [0, 0.1) is 0 Å². The van der Waals surface area contributed by atoms with Crippen LogP contribution < -0.4 is 19.7 Å². The van der Waals surface area contributed by atoms with Crippen LogP contribution in [0.15, 0.2) is 53.4 Å². The number of morpholine rings is 1. The van der Waals surface area contributed by atoms with Crippen molar-refractivity contribution in [2.24, 2.45) is 0 Å². The minimum absolute atomic E-state index is 0.0376. The number of nitrogens with zero attached hydrogens (tertiary/aromatic N) is 1. The Morgan fingerprint density at radius 2 is 1.77 bits per heavy atom. The van der Waals surface area contributed by atoms with E-state index < -0.39 is 28.6 Å². The number of amides is 1. The lowest BCUT2D eigenvalue weighted by atomic mass is 10.2. The van der Waals surface area contributed by atoms with E-state index in [4.69, 9.17) is 9.47 Å². The molecule has 0 bridgehead atoms. The smallest absolute Gasteiger partial charge is 0.244 e. The predicted molar refractivity (Wildman–Crippen MR) is 112 cm³/mol. The molecule has 1 saturated heterocycles. The summed E-state index contributed by atoms with van der Waals surface area (Å²) in [5.74, 6) is -0.153. The molecule has 3 N–H and O–H groups in total. The number of methoxy groups -OCH3 is 1. The molecular formula is C20H25N3O6S. The summed E-state index contributed by atoms with van der Waals surface area (Å²) in [6.45, 7) is 2.25. The molecule has 10 heteroatoms. The number of nitrogens with one attached hydrogen (secondary N) is 2. The molecule has 9 nitrogen and oxygen atoms in total. The zero-order chi connectivity index (χ0) is 21.6. The Kier molecular flexibility index (Phi) is 7.27. The van der Waals surface area contributed by atoms with Crippen LogP contribution in [0.3, 0.4) is 0 Å². The van der Waals surface area contributed by atoms with E-state index in [1.807, 2.05) is 12.1 Å². The normalized spacial score (nSPS) is 15.5. The van der Waals surface area contributed by atoms with E-state index >= 15 is 0 Å². The SMILES string of the molecule is COc1ccc(S(=O)(=O)N[C@@H](CO)C(=O)Nc2ccc(N3CCOCC3)cc2)cc1. The van der Waals surface area contributed by atoms with Crippen molar-refractivity contribution in [1.82, 2.24) is 4.72 Å². The molecule has 0 aliphatic carbocycles. The third-order valence-corrected chi connectivity index (χ3v) is 6.16. The van der Waals surface area contributed by atoms with Crippen molar-refractivity contribution in [1.29, 1.82) is 0 Å². The van der Waals surface area contributed by atoms with E-state index in [0.717, 1.165) is 18.8 Å². The fraction of sp³-hybridized carbons (Fsp3) is 0.350. The number of anilines is 2. The Balaban J connectivity index is 1.63. The zero-order valence-corrected chi connectivity index (χ0v) is 17.4. The first kappa shape index (κ1) is 22.0. The predicted octanol–water partition coefficient (Wildman–Crippen LogP) is 0.810. The average Bonchev–Trinajstić information content (AvgIpc) is 2.78. The van der Waals surface area contributed by atoms with E-state index in [-0.39, 0.29) is 4.90 Å². The standard InChI is InChI=1S/C20H25N3O6S/c1-28-17-6-8-18(9-7-17)30(26,27)22-19(14-24)20(25)21-15-2-4-16(5-3-15)23-10-12-29-13-11-23/h2-9,19,22,24H,10-14H2,1H3,(H,21,25)/t19-/m0/s1. The summed E-state index contributed by atoms with van der Waals surface area (Å²) in [4.78, 5) is 14.6. The molecule has 2 aromatic rings. The lowest BCUT2D eigenvalue weighted by Gasteiger charge is -2.29. The summed E-state index contributed by atoms with van der Waals surface area (Å²) in [5.41, 5.74) is 1.51. The highest BCUT2D eigenvalue weighted by molar-refractivity contribution is 7.89. The molecule has 1 fully saturated rings. The average molecular weight is 436 g/mol. The molecule has 1 atom stereocenters. The number of carbonyl (C=O) groups excluding carboxylic acids is 1. The van der Waals surface area contributed by atoms with Gasteiger partial charge in [0.15, 0.2) is 0 Å². The van der Waals surface area contributed by atoms with Gasteiger partial charge in [0.25, 0.3) is 0 Å². The van der Waals surface area contributed by atoms with Crippen LogP contribution >= 0.6 is 0 Å². The summed E-state index contributed by atoms with van der Waals surface area (Å²) in [6, 6.07) is 11.6. The first-order valence-electron chi connectivity index (χ1n) is 9.44. The number of rotatable bonds is 8. The molecule has 0 spiro atoms. The summed E-state index contributed by atoms with van der Waals surface area (Å²) in [7, 11) is -2.53. The molecule has 0 aromatic heterocycles. The van der Waals surface area contributed by atoms with Gasteiger partial charge in [-0.3, -0.25) is 4.79 Å². The van der Waals surface area contributed by atoms with Gasteiger partial charge in [-0.15, -0.1) is 0 Å². The van der Waals surface area contributed by atoms with E-state index in [9.17, 15) is 18.3 Å². The van der Waals surface area contributed by atoms with Gasteiger partial charge in [-0.05, 0) is 48.5 Å². The molecule has 2 aromatic carbocycles. The molecule has 0 saturated carbocycles. The fourth-order valence-corrected chi connectivity index (χ4v) is 4.18. The van der Waals surface area contributed by atoms with Crippen molar-refractivity contribution in [3.8, 4) is 5.75 Å². The highest BCUT2D eigenvalue weighted by atomic mass is 32.2. The molecule has 0 unspecified atom stereocenters. The van der Waals surface area contributed by atoms with E-state index in [0.29, 0.717) is 24.7 Å². The molecule has 1 aliphatic rings. The maximum absolute atomic E-state index is 12.5. The second-order valence-corrected chi connectivity index (χ2v) is 8.38. The van der Waals surface area contributed by atoms with Crippen LogP contribution in [0.5, 0.6) is 5.75 Å². The topological polar surface area (TPSA) is 117 Å². The number of hydrogen-bond donors (Lipinski definition) is 3. The molecule has 30 heavy (non-hydrogen) atoms. The molecule has 1 amide bonds. The number of sulfonamides is 1. The number of aliphatic hydroxyl groups is 1. The molecule has 0 radical (unpaired) electrons. The summed E-state index contributed by atoms with van der Waals surface area (Å²) in [5, 5.41) is 12.2. The maximum atomic E-state index is 12.5. The van der Waals surface area contributed by atoms with E-state index in [1.165, 1.54) is 31.4 Å². The minimum Gasteiger partial charge on any atom is -0.497 e. The number of ether oxygens (including phenoxy) is 2. The summed E-state index contributed by atoms with van der Waals surface area (Å²) < 4.78 is 37.6. The van der Waals surface area contributed by atoms with E-state index in [2.05, 4.69) is 14.9 Å². The zero-order valence-electron chi connectivity index (χ0n) is 16.6. The summed E-state index contributed by atoms with van der Waals surface area (Å²) in [6.07, 6.45) is 0. The van der Waals surface area contributed by atoms with Gasteiger partial charge >= 0.3 is 0 Å². The minimum atomic E-state index is -4.00. The molecule has 3 rings (SSSR count). The third-order valence-electron chi connectivity index (χ3n) is 4.68. The van der Waals surface area contributed by atoms with Crippen LogP contribution in [0.25, 0.3) is 0 Å². The number of benzene rings is 2. The molecule has 1 aliphatic heterocycles. The van der Waals surface area contributed by atoms with Gasteiger partial charge < -0.3 is 24.8 Å². The van der Waals surface area contributed by atoms with Gasteiger partial charge in [0, 0.05) is 24.5 Å². The van der Waals surface area contributed by atoms with Gasteiger partial charge in [0.05, 0.1) is 31.8 Å². The van der Waals surface area contributed by atoms with Gasteiger partial charge in [0.2, 0.25) is 15.9 Å². The number of hydrogen-bond acceptors (Lipinski definition) is 7. The van der Waals surface area contributed by atoms with Gasteiger partial charge in [-0.25, -0.2) is 8.42 Å². The van der Waals surface area contributed by atoms with E-state index in [1.54, 1.807) is 12.1 Å². The Morgan fingerprint density at radius 3 is 2.33 bits per heavy atom. The largest absolute Gasteiger partial charge is 0.497 e. The Labute approximate surface area is 175 Å². The maximum Gasteiger partial charge on any atom is 0.244 e. The van der Waals surface area contributed by atoms with Crippen molar-refractivity contribution in [3.05, 3.63) is 48.5 Å². The van der Waals surface area contributed by atoms with Crippen molar-refractivity contribution < 1.29 is 27.8 Å². The first-order valence-corrected chi connectivity index (χ1v) is 10.9. The van der Waals surface area contributed by atoms with Gasteiger partial charge in [0.1, 0.15) is 11.8 Å². The Hall–Kier alpha value is -2.66. The first-order chi connectivity index (χ1) is 14.4. The van der Waals surface area contributed by atoms with Crippen LogP contribution in [-0.4, -0.2) is 65.5 Å². The van der Waals surface area contributed by atoms with Crippen LogP contribution in [0.2, 0.25) is 0 Å². The monoisotopic (exact) mass is 435 g/mol. The Morgan fingerprint density at radius 1 is 1.13 bits per heavy atom. The molecular weight excluding hydrogens is 410 g/mol. The quantitative estimate of drug-likeness (QED) is 0.562. The van der Waals surface area contributed by atoms with Crippen LogP contribution in [-0.2, 0) is 19.6 Å². The van der Waals surface area contributed by atoms with Crippen molar-refractivity contribution in [2.75, 3.05) is 50.2 Å². The van der Waals surface area contributed by atoms with Crippen LogP contribution in [0.4, 0.5) is 11.4 Å². The molecule has 1 heterocycles. The highest BCUT2D eigenvalue weighted by Crippen LogP contribution is 2.20. The molecule has 162 valence electrons. The summed E-state index contributed by atoms with van der Waals surface area (Å²) >= 11 is 0. The van der Waals surface area contributed by atoms with Gasteiger partial charge in [-0.2, -0.15) is 4.72 Å². The second-order valence-electron chi connectivity index (χ2n) is 6.67. The van der Waals surface area contributed by atoms with Crippen molar-refractivity contribution in [2.45, 2.75) is 10.9 Å². The number of carbonyl (C=O) groups is 1.